The number of carbonyl (C=O) groups excluding carboxylic acids is 1. The van der Waals surface area contributed by atoms with Crippen LogP contribution in [0.25, 0.3) is 0 Å². The van der Waals surface area contributed by atoms with E-state index < -0.39 is 0 Å². The maximum atomic E-state index is 13.3. The molecular formula is C22H23FN2O3S. The molecule has 7 heteroatoms. The van der Waals surface area contributed by atoms with Gasteiger partial charge < -0.3 is 19.7 Å². The van der Waals surface area contributed by atoms with E-state index in [1.807, 2.05) is 41.6 Å². The van der Waals surface area contributed by atoms with E-state index in [4.69, 9.17) is 9.47 Å². The highest BCUT2D eigenvalue weighted by atomic mass is 32.1. The van der Waals surface area contributed by atoms with Crippen LogP contribution in [0.4, 0.5) is 10.1 Å². The average molecular weight is 415 g/mol. The van der Waals surface area contributed by atoms with E-state index in [1.165, 1.54) is 12.1 Å². The van der Waals surface area contributed by atoms with Crippen LogP contribution in [0.3, 0.4) is 0 Å². The van der Waals surface area contributed by atoms with Crippen LogP contribution in [0.5, 0.6) is 11.5 Å². The maximum Gasteiger partial charge on any atom is 0.240 e. The van der Waals surface area contributed by atoms with Crippen LogP contribution in [-0.2, 0) is 4.79 Å². The number of benzene rings is 2. The number of halogens is 1. The molecule has 0 bridgehead atoms. The molecule has 29 heavy (non-hydrogen) atoms. The highest BCUT2D eigenvalue weighted by Crippen LogP contribution is 2.31. The van der Waals surface area contributed by atoms with Crippen molar-refractivity contribution in [2.24, 2.45) is 0 Å². The van der Waals surface area contributed by atoms with Gasteiger partial charge in [0.1, 0.15) is 5.82 Å². The summed E-state index contributed by atoms with van der Waals surface area (Å²) in [5.41, 5.74) is 1.66. The number of carbonyl (C=O) groups is 1. The number of methoxy groups -OCH3 is 2. The summed E-state index contributed by atoms with van der Waals surface area (Å²) in [4.78, 5) is 15.6. The smallest absolute Gasteiger partial charge is 0.240 e. The van der Waals surface area contributed by atoms with Crippen LogP contribution in [0.1, 0.15) is 16.5 Å². The second-order valence-corrected chi connectivity index (χ2v) is 7.44. The normalized spacial score (nSPS) is 11.6. The third kappa shape index (κ3) is 5.06. The number of thiophene rings is 1. The number of anilines is 1. The molecule has 1 unspecified atom stereocenters. The van der Waals surface area contributed by atoms with Crippen molar-refractivity contribution in [3.63, 3.8) is 0 Å². The monoisotopic (exact) mass is 414 g/mol. The van der Waals surface area contributed by atoms with E-state index in [-0.39, 0.29) is 24.3 Å². The standard InChI is InChI=1S/C22H23FN2O3S/c1-25(17-10-11-18(27-2)19(13-17)28-3)14-21(26)24-22(20-5-4-12-29-20)15-6-8-16(23)9-7-15/h4-13,22H,14H2,1-3H3,(H,24,26). The van der Waals surface area contributed by atoms with Gasteiger partial charge in [-0.1, -0.05) is 18.2 Å². The van der Waals surface area contributed by atoms with Crippen LogP contribution < -0.4 is 19.7 Å². The molecule has 3 rings (SSSR count). The molecule has 0 radical (unpaired) electrons. The number of nitrogens with one attached hydrogen (secondary N) is 1. The Morgan fingerprint density at radius 1 is 1.10 bits per heavy atom. The van der Waals surface area contributed by atoms with Gasteiger partial charge in [-0.15, -0.1) is 11.3 Å². The lowest BCUT2D eigenvalue weighted by molar-refractivity contribution is -0.120. The van der Waals surface area contributed by atoms with Crippen molar-refractivity contribution in [2.75, 3.05) is 32.7 Å². The number of likely N-dealkylation sites (N-methyl/N-ethyl adjacent to an activating group) is 1. The number of rotatable bonds is 8. The third-order valence-corrected chi connectivity index (χ3v) is 5.46. The van der Waals surface area contributed by atoms with Gasteiger partial charge in [-0.3, -0.25) is 4.79 Å². The summed E-state index contributed by atoms with van der Waals surface area (Å²) in [5, 5.41) is 5.01. The molecule has 3 aromatic rings. The van der Waals surface area contributed by atoms with E-state index in [0.717, 1.165) is 16.1 Å². The number of nitrogens with zero attached hydrogens (tertiary/aromatic N) is 1. The Morgan fingerprint density at radius 3 is 2.45 bits per heavy atom. The van der Waals surface area contributed by atoms with Crippen molar-refractivity contribution in [3.05, 3.63) is 76.2 Å². The molecule has 0 saturated heterocycles. The maximum absolute atomic E-state index is 13.3. The summed E-state index contributed by atoms with van der Waals surface area (Å²) in [6, 6.07) is 15.2. The quantitative estimate of drug-likeness (QED) is 0.599. The lowest BCUT2D eigenvalue weighted by atomic mass is 10.1. The van der Waals surface area contributed by atoms with Crippen LogP contribution in [0.15, 0.2) is 60.0 Å². The van der Waals surface area contributed by atoms with Crippen LogP contribution in [0.2, 0.25) is 0 Å². The molecule has 1 N–H and O–H groups in total. The van der Waals surface area contributed by atoms with Gasteiger partial charge in [0, 0.05) is 23.7 Å². The first-order valence-corrected chi connectivity index (χ1v) is 9.91. The molecule has 5 nitrogen and oxygen atoms in total. The van der Waals surface area contributed by atoms with E-state index in [9.17, 15) is 9.18 Å². The zero-order valence-corrected chi connectivity index (χ0v) is 17.3. The second kappa shape index (κ2) is 9.43. The van der Waals surface area contributed by atoms with E-state index in [0.29, 0.717) is 11.5 Å². The minimum absolute atomic E-state index is 0.148. The minimum atomic E-state index is -0.332. The molecule has 0 aliphatic heterocycles. The summed E-state index contributed by atoms with van der Waals surface area (Å²) < 4.78 is 23.9. The number of ether oxygens (including phenoxy) is 2. The fourth-order valence-corrected chi connectivity index (χ4v) is 3.81. The van der Waals surface area contributed by atoms with Crippen molar-refractivity contribution in [3.8, 4) is 11.5 Å². The van der Waals surface area contributed by atoms with Gasteiger partial charge in [-0.05, 0) is 41.3 Å². The predicted molar refractivity (Wildman–Crippen MR) is 114 cm³/mol. The summed E-state index contributed by atoms with van der Waals surface area (Å²) in [6.07, 6.45) is 0. The molecule has 2 aromatic carbocycles. The first kappa shape index (κ1) is 20.7. The number of hydrogen-bond acceptors (Lipinski definition) is 5. The first-order chi connectivity index (χ1) is 14.0. The Kier molecular flexibility index (Phi) is 6.72. The lowest BCUT2D eigenvalue weighted by Gasteiger charge is -2.23. The zero-order valence-electron chi connectivity index (χ0n) is 16.5. The lowest BCUT2D eigenvalue weighted by Crippen LogP contribution is -2.37. The molecule has 1 aromatic heterocycles. The second-order valence-electron chi connectivity index (χ2n) is 6.46. The zero-order chi connectivity index (χ0) is 20.8. The molecule has 0 saturated carbocycles. The Bertz CT molecular complexity index is 945. The van der Waals surface area contributed by atoms with Crippen molar-refractivity contribution in [1.82, 2.24) is 5.32 Å². The van der Waals surface area contributed by atoms with Crippen molar-refractivity contribution >= 4 is 22.9 Å². The van der Waals surface area contributed by atoms with E-state index in [2.05, 4.69) is 5.32 Å². The molecule has 0 spiro atoms. The Morgan fingerprint density at radius 2 is 1.83 bits per heavy atom. The van der Waals surface area contributed by atoms with Gasteiger partial charge in [0.2, 0.25) is 5.91 Å². The van der Waals surface area contributed by atoms with Crippen molar-refractivity contribution in [1.29, 1.82) is 0 Å². The molecule has 1 atom stereocenters. The van der Waals surface area contributed by atoms with Crippen molar-refractivity contribution in [2.45, 2.75) is 6.04 Å². The average Bonchev–Trinajstić information content (AvgIpc) is 3.26. The van der Waals surface area contributed by atoms with E-state index in [1.54, 1.807) is 43.8 Å². The molecule has 0 aliphatic rings. The molecule has 0 fully saturated rings. The van der Waals surface area contributed by atoms with Gasteiger partial charge in [0.15, 0.2) is 11.5 Å². The molecule has 1 heterocycles. The first-order valence-electron chi connectivity index (χ1n) is 9.03. The van der Waals surface area contributed by atoms with Gasteiger partial charge in [0.05, 0.1) is 26.8 Å². The summed E-state index contributed by atoms with van der Waals surface area (Å²) in [7, 11) is 4.98. The highest BCUT2D eigenvalue weighted by molar-refractivity contribution is 7.10. The third-order valence-electron chi connectivity index (χ3n) is 4.53. The summed E-state index contributed by atoms with van der Waals surface area (Å²) in [5.74, 6) is 0.770. The molecule has 152 valence electrons. The van der Waals surface area contributed by atoms with Crippen molar-refractivity contribution < 1.29 is 18.7 Å². The van der Waals surface area contributed by atoms with Gasteiger partial charge >= 0.3 is 0 Å². The largest absolute Gasteiger partial charge is 0.493 e. The molecule has 0 aliphatic carbocycles. The minimum Gasteiger partial charge on any atom is -0.493 e. The number of hydrogen-bond donors (Lipinski definition) is 1. The summed E-state index contributed by atoms with van der Waals surface area (Å²) in [6.45, 7) is 0.151. The fraction of sp³-hybridized carbons (Fsp3) is 0.227. The number of amides is 1. The predicted octanol–water partition coefficient (Wildman–Crippen LogP) is 4.25. The van der Waals surface area contributed by atoms with Gasteiger partial charge in [-0.25, -0.2) is 4.39 Å². The SMILES string of the molecule is COc1ccc(N(C)CC(=O)NC(c2ccc(F)cc2)c2cccs2)cc1OC. The Labute approximate surface area is 173 Å². The Hall–Kier alpha value is -3.06. The summed E-state index contributed by atoms with van der Waals surface area (Å²) >= 11 is 1.54. The van der Waals surface area contributed by atoms with Crippen LogP contribution in [0, 0.1) is 5.82 Å². The van der Waals surface area contributed by atoms with Crippen LogP contribution in [-0.4, -0.2) is 33.7 Å². The topological polar surface area (TPSA) is 50.8 Å². The van der Waals surface area contributed by atoms with Crippen LogP contribution >= 0.6 is 11.3 Å². The highest BCUT2D eigenvalue weighted by Gasteiger charge is 2.19. The molecule has 1 amide bonds. The van der Waals surface area contributed by atoms with Gasteiger partial charge in [-0.2, -0.15) is 0 Å². The molecular weight excluding hydrogens is 391 g/mol. The van der Waals surface area contributed by atoms with E-state index >= 15 is 0 Å². The Balaban J connectivity index is 1.74. The fourth-order valence-electron chi connectivity index (χ4n) is 3.01. The van der Waals surface area contributed by atoms with Gasteiger partial charge in [0.25, 0.3) is 0 Å².